The predicted molar refractivity (Wildman–Crippen MR) is 131 cm³/mol. The summed E-state index contributed by atoms with van der Waals surface area (Å²) in [5, 5.41) is 12.0. The maximum atomic E-state index is 15.4. The number of aromatic nitrogens is 2. The lowest BCUT2D eigenvalue weighted by Gasteiger charge is -2.34. The van der Waals surface area contributed by atoms with Crippen molar-refractivity contribution in [3.8, 4) is 5.69 Å². The smallest absolute Gasteiger partial charge is 0.408 e. The molecule has 1 aliphatic heterocycles. The van der Waals surface area contributed by atoms with E-state index in [0.29, 0.717) is 25.5 Å². The lowest BCUT2D eigenvalue weighted by molar-refractivity contribution is 0.0489. The van der Waals surface area contributed by atoms with Crippen molar-refractivity contribution in [3.63, 3.8) is 0 Å². The molecule has 2 N–H and O–H groups in total. The second-order valence-electron chi connectivity index (χ2n) is 10.7. The number of anilines is 1. The van der Waals surface area contributed by atoms with Crippen molar-refractivity contribution in [2.75, 3.05) is 18.0 Å². The molecule has 1 amide bonds. The van der Waals surface area contributed by atoms with Crippen molar-refractivity contribution >= 4 is 28.9 Å². The summed E-state index contributed by atoms with van der Waals surface area (Å²) in [5.74, 6) is -4.33. The van der Waals surface area contributed by atoms with Gasteiger partial charge in [0.25, 0.3) is 0 Å². The van der Waals surface area contributed by atoms with Crippen LogP contribution in [0.4, 0.5) is 23.8 Å². The molecule has 0 unspecified atom stereocenters. The van der Waals surface area contributed by atoms with Crippen LogP contribution in [0.3, 0.4) is 0 Å². The highest BCUT2D eigenvalue weighted by Gasteiger charge is 2.58. The van der Waals surface area contributed by atoms with Crippen molar-refractivity contribution in [2.24, 2.45) is 5.92 Å². The third-order valence-corrected chi connectivity index (χ3v) is 6.81. The van der Waals surface area contributed by atoms with Crippen molar-refractivity contribution in [2.45, 2.75) is 44.8 Å². The number of hydrogen-bond acceptors (Lipinski definition) is 6. The molecule has 0 radical (unpaired) electrons. The summed E-state index contributed by atoms with van der Waals surface area (Å²) in [6.45, 7) is 5.86. The number of carboxylic acids is 1. The number of alkyl carbamates (subject to hydrolysis) is 1. The van der Waals surface area contributed by atoms with Crippen molar-refractivity contribution in [1.29, 1.82) is 0 Å². The molecular formula is C26H25F3N4O5. The van der Waals surface area contributed by atoms with Crippen LogP contribution >= 0.6 is 0 Å². The van der Waals surface area contributed by atoms with Gasteiger partial charge in [0.05, 0.1) is 16.6 Å². The molecule has 3 aromatic rings. The van der Waals surface area contributed by atoms with Crippen LogP contribution in [0.1, 0.15) is 44.0 Å². The predicted octanol–water partition coefficient (Wildman–Crippen LogP) is 3.99. The topological polar surface area (TPSA) is 114 Å². The summed E-state index contributed by atoms with van der Waals surface area (Å²) in [6.07, 6.45) is 1.60. The molecule has 0 spiro atoms. The fraction of sp³-hybridized carbons (Fsp3) is 0.385. The van der Waals surface area contributed by atoms with Crippen molar-refractivity contribution in [1.82, 2.24) is 14.9 Å². The number of nitrogens with one attached hydrogen (secondary N) is 1. The van der Waals surface area contributed by atoms with Crippen LogP contribution in [0.2, 0.25) is 0 Å². The molecular weight excluding hydrogens is 505 g/mol. The van der Waals surface area contributed by atoms with Crippen LogP contribution in [0.15, 0.2) is 35.3 Å². The Morgan fingerprint density at radius 2 is 1.92 bits per heavy atom. The molecule has 3 heterocycles. The van der Waals surface area contributed by atoms with Crippen molar-refractivity contribution in [3.05, 3.63) is 63.7 Å². The van der Waals surface area contributed by atoms with Crippen molar-refractivity contribution < 1.29 is 32.6 Å². The summed E-state index contributed by atoms with van der Waals surface area (Å²) in [5.41, 5.74) is -3.52. The molecule has 1 saturated heterocycles. The average Bonchev–Trinajstić information content (AvgIpc) is 3.51. The maximum Gasteiger partial charge on any atom is 0.408 e. The first-order valence-corrected chi connectivity index (χ1v) is 12.0. The Kier molecular flexibility index (Phi) is 5.88. The SMILES string of the molecule is CC(C)(C)OC(=O)N[C@@]12C[C@@H]1CCN(c1nc3c(cc1F)c(=O)c(C(=O)O)cn3-c1ccc(F)cc1F)C2. The van der Waals surface area contributed by atoms with Crippen LogP contribution in [-0.4, -0.2) is 50.9 Å². The van der Waals surface area contributed by atoms with E-state index >= 15 is 4.39 Å². The van der Waals surface area contributed by atoms with Gasteiger partial charge in [-0.15, -0.1) is 0 Å². The van der Waals surface area contributed by atoms with Crippen LogP contribution in [0.5, 0.6) is 0 Å². The Morgan fingerprint density at radius 3 is 2.58 bits per heavy atom. The number of piperidine rings is 1. The number of benzene rings is 1. The number of amides is 1. The number of aromatic carboxylic acids is 1. The zero-order valence-corrected chi connectivity index (χ0v) is 20.8. The fourth-order valence-electron chi connectivity index (χ4n) is 5.01. The molecule has 2 aromatic heterocycles. The lowest BCUT2D eigenvalue weighted by Crippen LogP contribution is -2.52. The molecule has 2 fully saturated rings. The summed E-state index contributed by atoms with van der Waals surface area (Å²) in [7, 11) is 0. The van der Waals surface area contributed by atoms with E-state index in [-0.39, 0.29) is 35.0 Å². The van der Waals surface area contributed by atoms with Gasteiger partial charge in [0.1, 0.15) is 22.8 Å². The molecule has 2 aliphatic rings. The number of nitrogens with zero attached hydrogens (tertiary/aromatic N) is 3. The fourth-order valence-corrected chi connectivity index (χ4v) is 5.01. The number of carboxylic acid groups (broad SMARTS) is 1. The Labute approximate surface area is 214 Å². The van der Waals surface area contributed by atoms with Crippen LogP contribution < -0.4 is 15.6 Å². The number of halogens is 3. The first-order valence-electron chi connectivity index (χ1n) is 12.0. The van der Waals surface area contributed by atoms with E-state index in [1.165, 1.54) is 0 Å². The van der Waals surface area contributed by atoms with Crippen LogP contribution in [0.25, 0.3) is 16.7 Å². The Morgan fingerprint density at radius 1 is 1.18 bits per heavy atom. The Bertz CT molecular complexity index is 1550. The van der Waals surface area contributed by atoms with Gasteiger partial charge in [-0.05, 0) is 57.7 Å². The van der Waals surface area contributed by atoms with Gasteiger partial charge < -0.3 is 20.1 Å². The molecule has 1 saturated carbocycles. The number of rotatable bonds is 4. The van der Waals surface area contributed by atoms with E-state index in [9.17, 15) is 28.3 Å². The van der Waals surface area contributed by atoms with Gasteiger partial charge >= 0.3 is 12.1 Å². The maximum absolute atomic E-state index is 15.4. The zero-order valence-electron chi connectivity index (χ0n) is 20.8. The average molecular weight is 531 g/mol. The van der Waals surface area contributed by atoms with E-state index < -0.39 is 51.6 Å². The summed E-state index contributed by atoms with van der Waals surface area (Å²) < 4.78 is 50.1. The highest BCUT2D eigenvalue weighted by molar-refractivity contribution is 5.92. The number of hydrogen-bond donors (Lipinski definition) is 2. The molecule has 5 rings (SSSR count). The quantitative estimate of drug-likeness (QED) is 0.524. The summed E-state index contributed by atoms with van der Waals surface area (Å²) in [6, 6.07) is 3.52. The van der Waals surface area contributed by atoms with Gasteiger partial charge in [-0.2, -0.15) is 0 Å². The van der Waals surface area contributed by atoms with E-state index in [4.69, 9.17) is 4.74 Å². The van der Waals surface area contributed by atoms with Crippen LogP contribution in [0, 0.1) is 23.4 Å². The first kappa shape index (κ1) is 25.6. The second-order valence-corrected chi connectivity index (χ2v) is 10.7. The molecule has 1 aliphatic carbocycles. The van der Waals surface area contributed by atoms with Gasteiger partial charge in [-0.3, -0.25) is 9.36 Å². The molecule has 12 heteroatoms. The molecule has 38 heavy (non-hydrogen) atoms. The monoisotopic (exact) mass is 530 g/mol. The molecule has 9 nitrogen and oxygen atoms in total. The molecule has 2 atom stereocenters. The zero-order chi connectivity index (χ0) is 27.6. The number of ether oxygens (including phenoxy) is 1. The molecule has 0 bridgehead atoms. The van der Waals surface area contributed by atoms with Crippen LogP contribution in [-0.2, 0) is 4.74 Å². The minimum Gasteiger partial charge on any atom is -0.477 e. The van der Waals surface area contributed by atoms with E-state index in [1.54, 1.807) is 25.7 Å². The Balaban J connectivity index is 1.59. The highest BCUT2D eigenvalue weighted by atomic mass is 19.1. The molecule has 1 aromatic carbocycles. The highest BCUT2D eigenvalue weighted by Crippen LogP contribution is 2.50. The number of pyridine rings is 2. The number of carbonyl (C=O) groups is 2. The van der Waals surface area contributed by atoms with Gasteiger partial charge in [-0.25, -0.2) is 27.7 Å². The largest absolute Gasteiger partial charge is 0.477 e. The lowest BCUT2D eigenvalue weighted by atomic mass is 10.1. The van der Waals surface area contributed by atoms with E-state index in [2.05, 4.69) is 10.3 Å². The standard InChI is InChI=1S/C26H25F3N4O5/c1-25(2,3)38-24(37)31-26-10-13(26)6-7-32(12-26)22-18(29)9-15-20(34)16(23(35)36)11-33(21(15)30-22)19-5-4-14(27)8-17(19)28/h4-5,8-9,11,13H,6-7,10,12H2,1-3H3,(H,31,37)(H,35,36)/t13-,26+/m0/s1. The summed E-state index contributed by atoms with van der Waals surface area (Å²) >= 11 is 0. The minimum atomic E-state index is -1.59. The van der Waals surface area contributed by atoms with E-state index in [0.717, 1.165) is 29.0 Å². The third kappa shape index (κ3) is 4.54. The normalized spacial score (nSPS) is 20.7. The third-order valence-electron chi connectivity index (χ3n) is 6.81. The minimum absolute atomic E-state index is 0.146. The number of fused-ring (bicyclic) bond motifs is 2. The van der Waals surface area contributed by atoms with Gasteiger partial charge in [-0.1, -0.05) is 0 Å². The van der Waals surface area contributed by atoms with E-state index in [1.807, 2.05) is 0 Å². The first-order chi connectivity index (χ1) is 17.8. The summed E-state index contributed by atoms with van der Waals surface area (Å²) in [4.78, 5) is 42.9. The van der Waals surface area contributed by atoms with Gasteiger partial charge in [0.2, 0.25) is 5.43 Å². The molecule has 200 valence electrons. The Hall–Kier alpha value is -4.09. The second kappa shape index (κ2) is 8.74. The van der Waals surface area contributed by atoms with Gasteiger partial charge in [0.15, 0.2) is 17.3 Å². The number of carbonyl (C=O) groups excluding carboxylic acids is 1. The van der Waals surface area contributed by atoms with Gasteiger partial charge in [0, 0.05) is 25.4 Å².